The number of nitrogens with zero attached hydrogens (tertiary/aromatic N) is 2. The minimum absolute atomic E-state index is 0.243. The van der Waals surface area contributed by atoms with Gasteiger partial charge in [0.1, 0.15) is 11.9 Å². The lowest BCUT2D eigenvalue weighted by molar-refractivity contribution is -0.138. The van der Waals surface area contributed by atoms with E-state index < -0.39 is 17.9 Å². The van der Waals surface area contributed by atoms with Crippen LogP contribution in [0.25, 0.3) is 0 Å². The van der Waals surface area contributed by atoms with Crippen LogP contribution in [0.2, 0.25) is 0 Å². The Morgan fingerprint density at radius 3 is 2.70 bits per heavy atom. The molecule has 1 aromatic carbocycles. The van der Waals surface area contributed by atoms with E-state index in [1.807, 2.05) is 13.8 Å². The van der Waals surface area contributed by atoms with Crippen LogP contribution in [0.1, 0.15) is 26.7 Å². The summed E-state index contributed by atoms with van der Waals surface area (Å²) < 4.78 is 13.9. The number of likely N-dealkylation sites (N-methyl/N-ethyl adjacent to an activating group) is 1. The highest BCUT2D eigenvalue weighted by atomic mass is 19.1. The van der Waals surface area contributed by atoms with Gasteiger partial charge in [-0.25, -0.2) is 4.39 Å². The molecule has 23 heavy (non-hydrogen) atoms. The van der Waals surface area contributed by atoms with Crippen molar-refractivity contribution in [3.8, 4) is 0 Å². The maximum Gasteiger partial charge on any atom is 0.249 e. The number of rotatable bonds is 5. The molecule has 0 radical (unpaired) electrons. The highest BCUT2D eigenvalue weighted by Crippen LogP contribution is 2.26. The Morgan fingerprint density at radius 2 is 2.09 bits per heavy atom. The van der Waals surface area contributed by atoms with Gasteiger partial charge >= 0.3 is 0 Å². The second-order valence-corrected chi connectivity index (χ2v) is 6.43. The molecule has 6 heteroatoms. The lowest BCUT2D eigenvalue weighted by Gasteiger charge is -2.27. The van der Waals surface area contributed by atoms with Gasteiger partial charge in [-0.15, -0.1) is 0 Å². The van der Waals surface area contributed by atoms with Gasteiger partial charge in [0.05, 0.1) is 11.7 Å². The third-order valence-corrected chi connectivity index (χ3v) is 4.18. The number of halogens is 1. The smallest absolute Gasteiger partial charge is 0.249 e. The van der Waals surface area contributed by atoms with E-state index in [0.29, 0.717) is 25.3 Å². The monoisotopic (exact) mass is 321 g/mol. The molecule has 5 nitrogen and oxygen atoms in total. The first-order valence-corrected chi connectivity index (χ1v) is 7.91. The standard InChI is InChI=1S/C17H24FN3O2/c1-11(2)10-13(19)16(22)20(3)15-8-9-21(17(15)23)14-7-5-4-6-12(14)18/h4-7,11,13,15H,8-10,19H2,1-3H3/t13-,15?/m0/s1. The molecule has 0 saturated carbocycles. The molecule has 0 bridgehead atoms. The van der Waals surface area contributed by atoms with E-state index in [1.165, 1.54) is 15.9 Å². The van der Waals surface area contributed by atoms with Crippen LogP contribution >= 0.6 is 0 Å². The van der Waals surface area contributed by atoms with Crippen molar-refractivity contribution in [1.82, 2.24) is 4.90 Å². The van der Waals surface area contributed by atoms with Crippen molar-refractivity contribution in [2.45, 2.75) is 38.8 Å². The maximum atomic E-state index is 13.9. The third-order valence-electron chi connectivity index (χ3n) is 4.18. The summed E-state index contributed by atoms with van der Waals surface area (Å²) >= 11 is 0. The van der Waals surface area contributed by atoms with Crippen LogP contribution in [0.5, 0.6) is 0 Å². The fourth-order valence-electron chi connectivity index (χ4n) is 2.96. The van der Waals surface area contributed by atoms with Gasteiger partial charge in [0.15, 0.2) is 0 Å². The predicted molar refractivity (Wildman–Crippen MR) is 87.4 cm³/mol. The molecule has 0 aliphatic carbocycles. The van der Waals surface area contributed by atoms with Crippen molar-refractivity contribution in [2.75, 3.05) is 18.5 Å². The van der Waals surface area contributed by atoms with Crippen LogP contribution in [0.4, 0.5) is 10.1 Å². The SMILES string of the molecule is CC(C)C[C@H](N)C(=O)N(C)C1CCN(c2ccccc2F)C1=O. The van der Waals surface area contributed by atoms with Crippen molar-refractivity contribution in [2.24, 2.45) is 11.7 Å². The lowest BCUT2D eigenvalue weighted by Crippen LogP contribution is -2.49. The van der Waals surface area contributed by atoms with Gasteiger partial charge < -0.3 is 15.5 Å². The Bertz CT molecular complexity index is 591. The van der Waals surface area contributed by atoms with E-state index in [-0.39, 0.29) is 17.5 Å². The molecular weight excluding hydrogens is 297 g/mol. The molecule has 1 saturated heterocycles. The van der Waals surface area contributed by atoms with E-state index in [0.717, 1.165) is 0 Å². The van der Waals surface area contributed by atoms with E-state index in [9.17, 15) is 14.0 Å². The molecule has 1 fully saturated rings. The minimum atomic E-state index is -0.615. The number of hydrogen-bond donors (Lipinski definition) is 1. The molecule has 2 rings (SSSR count). The number of hydrogen-bond acceptors (Lipinski definition) is 3. The molecule has 0 spiro atoms. The molecule has 1 heterocycles. The Morgan fingerprint density at radius 1 is 1.43 bits per heavy atom. The van der Waals surface area contributed by atoms with Crippen molar-refractivity contribution >= 4 is 17.5 Å². The molecule has 126 valence electrons. The number of nitrogens with two attached hydrogens (primary N) is 1. The van der Waals surface area contributed by atoms with Gasteiger partial charge in [0.25, 0.3) is 0 Å². The van der Waals surface area contributed by atoms with Crippen LogP contribution in [-0.4, -0.2) is 42.4 Å². The summed E-state index contributed by atoms with van der Waals surface area (Å²) in [6.07, 6.45) is 1.05. The van der Waals surface area contributed by atoms with Gasteiger partial charge in [0, 0.05) is 13.6 Å². The Balaban J connectivity index is 2.09. The Hall–Kier alpha value is -1.95. The van der Waals surface area contributed by atoms with Gasteiger partial charge in [0.2, 0.25) is 11.8 Å². The average Bonchev–Trinajstić information content (AvgIpc) is 2.87. The minimum Gasteiger partial charge on any atom is -0.332 e. The molecule has 0 aromatic heterocycles. The summed E-state index contributed by atoms with van der Waals surface area (Å²) in [7, 11) is 1.59. The fraction of sp³-hybridized carbons (Fsp3) is 0.529. The first kappa shape index (κ1) is 17.4. The summed E-state index contributed by atoms with van der Waals surface area (Å²) in [6.45, 7) is 4.38. The maximum absolute atomic E-state index is 13.9. The number of amides is 2. The van der Waals surface area contributed by atoms with Crippen LogP contribution in [0, 0.1) is 11.7 Å². The highest BCUT2D eigenvalue weighted by molar-refractivity contribution is 6.01. The third kappa shape index (κ3) is 3.69. The lowest BCUT2D eigenvalue weighted by atomic mass is 10.0. The predicted octanol–water partition coefficient (Wildman–Crippen LogP) is 1.76. The van der Waals surface area contributed by atoms with Crippen molar-refractivity contribution in [1.29, 1.82) is 0 Å². The van der Waals surface area contributed by atoms with E-state index in [2.05, 4.69) is 0 Å². The largest absolute Gasteiger partial charge is 0.332 e. The second-order valence-electron chi connectivity index (χ2n) is 6.43. The molecule has 1 aromatic rings. The number of anilines is 1. The molecule has 1 unspecified atom stereocenters. The zero-order valence-electron chi connectivity index (χ0n) is 13.8. The topological polar surface area (TPSA) is 66.6 Å². The van der Waals surface area contributed by atoms with Gasteiger partial charge in [-0.1, -0.05) is 26.0 Å². The molecule has 2 N–H and O–H groups in total. The zero-order valence-corrected chi connectivity index (χ0v) is 13.8. The summed E-state index contributed by atoms with van der Waals surface area (Å²) in [5.41, 5.74) is 6.18. The van der Waals surface area contributed by atoms with Crippen LogP contribution in [-0.2, 0) is 9.59 Å². The summed E-state index contributed by atoms with van der Waals surface area (Å²) in [5, 5.41) is 0. The number of carbonyl (C=O) groups excluding carboxylic acids is 2. The summed E-state index contributed by atoms with van der Waals surface area (Å²) in [5.74, 6) is -0.640. The fourth-order valence-corrected chi connectivity index (χ4v) is 2.96. The molecule has 2 amide bonds. The van der Waals surface area contributed by atoms with Crippen LogP contribution < -0.4 is 10.6 Å². The number of benzene rings is 1. The molecule has 1 aliphatic heterocycles. The van der Waals surface area contributed by atoms with Gasteiger partial charge in [-0.2, -0.15) is 0 Å². The second kappa shape index (κ2) is 7.08. The summed E-state index contributed by atoms with van der Waals surface area (Å²) in [6, 6.07) is 4.96. The first-order valence-electron chi connectivity index (χ1n) is 7.91. The van der Waals surface area contributed by atoms with Crippen LogP contribution in [0.3, 0.4) is 0 Å². The van der Waals surface area contributed by atoms with Crippen LogP contribution in [0.15, 0.2) is 24.3 Å². The first-order chi connectivity index (χ1) is 10.8. The van der Waals surface area contributed by atoms with E-state index in [4.69, 9.17) is 5.73 Å². The van der Waals surface area contributed by atoms with Crippen molar-refractivity contribution in [3.63, 3.8) is 0 Å². The summed E-state index contributed by atoms with van der Waals surface area (Å²) in [4.78, 5) is 27.8. The average molecular weight is 321 g/mol. The molecular formula is C17H24FN3O2. The van der Waals surface area contributed by atoms with Gasteiger partial charge in [-0.05, 0) is 30.9 Å². The Labute approximate surface area is 136 Å². The quantitative estimate of drug-likeness (QED) is 0.899. The zero-order chi connectivity index (χ0) is 17.1. The molecule has 1 aliphatic rings. The number of carbonyl (C=O) groups is 2. The normalized spacial score (nSPS) is 19.3. The van der Waals surface area contributed by atoms with Crippen molar-refractivity contribution in [3.05, 3.63) is 30.1 Å². The Kier molecular flexibility index (Phi) is 5.36. The van der Waals surface area contributed by atoms with E-state index >= 15 is 0 Å². The van der Waals surface area contributed by atoms with Gasteiger partial charge in [-0.3, -0.25) is 9.59 Å². The van der Waals surface area contributed by atoms with E-state index in [1.54, 1.807) is 25.2 Å². The molecule has 2 atom stereocenters. The highest BCUT2D eigenvalue weighted by Gasteiger charge is 2.39. The number of para-hydroxylation sites is 1. The van der Waals surface area contributed by atoms with Crippen molar-refractivity contribution < 1.29 is 14.0 Å².